The number of hydrogen-bond donors (Lipinski definition) is 1. The maximum atomic E-state index is 4.99. The number of hydrogen-bond acceptors (Lipinski definition) is 5. The number of methoxy groups -OCH3 is 1. The molecule has 1 heterocycles. The number of tetrazole rings is 1. The Bertz CT molecular complexity index is 564. The molecule has 0 aliphatic carbocycles. The van der Waals surface area contributed by atoms with Gasteiger partial charge in [-0.3, -0.25) is 0 Å². The van der Waals surface area contributed by atoms with Crippen molar-refractivity contribution < 1.29 is 4.74 Å². The first-order valence-electron chi connectivity index (χ1n) is 6.06. The van der Waals surface area contributed by atoms with Crippen molar-refractivity contribution >= 4 is 31.9 Å². The van der Waals surface area contributed by atoms with Gasteiger partial charge in [0.1, 0.15) is 0 Å². The summed E-state index contributed by atoms with van der Waals surface area (Å²) in [6.45, 7) is 4.01. The van der Waals surface area contributed by atoms with Crippen LogP contribution in [0.25, 0.3) is 5.69 Å². The standard InChI is InChI=1S/C12H15Br2N5O/c1-8-5-9(13)12(10(14)6-8)19-11(16-17-18-19)7-15-3-4-20-2/h5-6,15H,3-4,7H2,1-2H3. The smallest absolute Gasteiger partial charge is 0.170 e. The number of nitrogens with one attached hydrogen (secondary N) is 1. The van der Waals surface area contributed by atoms with Gasteiger partial charge in [-0.1, -0.05) is 0 Å². The zero-order chi connectivity index (χ0) is 14.5. The summed E-state index contributed by atoms with van der Waals surface area (Å²) in [5.41, 5.74) is 2.05. The first-order chi connectivity index (χ1) is 9.63. The van der Waals surface area contributed by atoms with Crippen LogP contribution in [0.5, 0.6) is 0 Å². The second-order valence-electron chi connectivity index (χ2n) is 4.25. The van der Waals surface area contributed by atoms with Crippen molar-refractivity contribution in [1.29, 1.82) is 0 Å². The van der Waals surface area contributed by atoms with Gasteiger partial charge >= 0.3 is 0 Å². The maximum Gasteiger partial charge on any atom is 0.170 e. The van der Waals surface area contributed by atoms with Crippen molar-refractivity contribution in [3.63, 3.8) is 0 Å². The molecule has 2 rings (SSSR count). The van der Waals surface area contributed by atoms with E-state index in [1.54, 1.807) is 11.8 Å². The van der Waals surface area contributed by atoms with E-state index in [2.05, 4.69) is 52.7 Å². The molecule has 0 fully saturated rings. The predicted octanol–water partition coefficient (Wildman–Crippen LogP) is 2.23. The Balaban J connectivity index is 2.24. The number of rotatable bonds is 6. The average Bonchev–Trinajstić information content (AvgIpc) is 2.82. The summed E-state index contributed by atoms with van der Waals surface area (Å²) < 4.78 is 8.59. The molecule has 0 aliphatic rings. The van der Waals surface area contributed by atoms with Crippen LogP contribution in [-0.4, -0.2) is 40.5 Å². The van der Waals surface area contributed by atoms with Gasteiger partial charge in [0.2, 0.25) is 0 Å². The van der Waals surface area contributed by atoms with Crippen molar-refractivity contribution in [3.05, 3.63) is 32.5 Å². The molecule has 108 valence electrons. The molecule has 0 unspecified atom stereocenters. The van der Waals surface area contributed by atoms with Crippen LogP contribution >= 0.6 is 31.9 Å². The van der Waals surface area contributed by atoms with Gasteiger partial charge in [-0.25, -0.2) is 0 Å². The van der Waals surface area contributed by atoms with Crippen LogP contribution in [0.3, 0.4) is 0 Å². The Morgan fingerprint density at radius 1 is 1.30 bits per heavy atom. The highest BCUT2D eigenvalue weighted by Gasteiger charge is 2.14. The van der Waals surface area contributed by atoms with Gasteiger partial charge in [0, 0.05) is 22.6 Å². The van der Waals surface area contributed by atoms with E-state index in [0.29, 0.717) is 13.2 Å². The molecule has 8 heteroatoms. The van der Waals surface area contributed by atoms with E-state index in [1.165, 1.54) is 0 Å². The lowest BCUT2D eigenvalue weighted by Crippen LogP contribution is -2.21. The summed E-state index contributed by atoms with van der Waals surface area (Å²) in [5.74, 6) is 0.742. The van der Waals surface area contributed by atoms with Crippen molar-refractivity contribution in [2.24, 2.45) is 0 Å². The molecule has 0 saturated carbocycles. The van der Waals surface area contributed by atoms with Gasteiger partial charge in [-0.15, -0.1) is 5.10 Å². The Morgan fingerprint density at radius 3 is 2.65 bits per heavy atom. The second kappa shape index (κ2) is 7.26. The molecule has 0 atom stereocenters. The third-order valence-electron chi connectivity index (χ3n) is 2.67. The average molecular weight is 405 g/mol. The molecular formula is C12H15Br2N5O. The van der Waals surface area contributed by atoms with Gasteiger partial charge in [-0.2, -0.15) is 4.68 Å². The van der Waals surface area contributed by atoms with Crippen LogP contribution < -0.4 is 5.32 Å². The van der Waals surface area contributed by atoms with Crippen molar-refractivity contribution in [2.75, 3.05) is 20.3 Å². The van der Waals surface area contributed by atoms with E-state index in [1.807, 2.05) is 19.1 Å². The summed E-state index contributed by atoms with van der Waals surface area (Å²) in [4.78, 5) is 0. The van der Waals surface area contributed by atoms with Crippen LogP contribution in [0.15, 0.2) is 21.1 Å². The number of halogens is 2. The molecule has 20 heavy (non-hydrogen) atoms. The van der Waals surface area contributed by atoms with Crippen LogP contribution in [0.2, 0.25) is 0 Å². The van der Waals surface area contributed by atoms with Crippen molar-refractivity contribution in [2.45, 2.75) is 13.5 Å². The normalized spacial score (nSPS) is 11.0. The van der Waals surface area contributed by atoms with Crippen LogP contribution in [0.4, 0.5) is 0 Å². The summed E-state index contributed by atoms with van der Waals surface area (Å²) in [6, 6.07) is 4.06. The van der Waals surface area contributed by atoms with Gasteiger partial charge in [-0.05, 0) is 66.9 Å². The first kappa shape index (κ1) is 15.6. The number of nitrogens with zero attached hydrogens (tertiary/aromatic N) is 4. The SMILES string of the molecule is COCCNCc1nnnn1-c1c(Br)cc(C)cc1Br. The first-order valence-corrected chi connectivity index (χ1v) is 7.65. The molecule has 0 bridgehead atoms. The van der Waals surface area contributed by atoms with E-state index >= 15 is 0 Å². The van der Waals surface area contributed by atoms with Crippen LogP contribution in [0, 0.1) is 6.92 Å². The highest BCUT2D eigenvalue weighted by atomic mass is 79.9. The zero-order valence-electron chi connectivity index (χ0n) is 11.2. The van der Waals surface area contributed by atoms with Gasteiger partial charge in [0.15, 0.2) is 5.82 Å². The third kappa shape index (κ3) is 3.63. The summed E-state index contributed by atoms with van der Waals surface area (Å²) in [6.07, 6.45) is 0. The Labute approximate surface area is 134 Å². The lowest BCUT2D eigenvalue weighted by atomic mass is 10.2. The predicted molar refractivity (Wildman–Crippen MR) is 82.9 cm³/mol. The molecule has 0 saturated heterocycles. The van der Waals surface area contributed by atoms with E-state index in [-0.39, 0.29) is 0 Å². The Kier molecular flexibility index (Phi) is 5.64. The molecular weight excluding hydrogens is 390 g/mol. The van der Waals surface area contributed by atoms with Crippen LogP contribution in [0.1, 0.15) is 11.4 Å². The van der Waals surface area contributed by atoms with Gasteiger partial charge in [0.25, 0.3) is 0 Å². The fraction of sp³-hybridized carbons (Fsp3) is 0.417. The molecule has 0 spiro atoms. The van der Waals surface area contributed by atoms with Gasteiger partial charge in [0.05, 0.1) is 18.8 Å². The molecule has 6 nitrogen and oxygen atoms in total. The molecule has 0 amide bonds. The highest BCUT2D eigenvalue weighted by molar-refractivity contribution is 9.11. The molecule has 0 aliphatic heterocycles. The highest BCUT2D eigenvalue weighted by Crippen LogP contribution is 2.30. The molecule has 1 aromatic heterocycles. The summed E-state index contributed by atoms with van der Waals surface area (Å²) >= 11 is 7.12. The van der Waals surface area contributed by atoms with Crippen LogP contribution in [-0.2, 0) is 11.3 Å². The summed E-state index contributed by atoms with van der Waals surface area (Å²) in [5, 5.41) is 15.1. The minimum Gasteiger partial charge on any atom is -0.383 e. The largest absolute Gasteiger partial charge is 0.383 e. The number of ether oxygens (including phenoxy) is 1. The zero-order valence-corrected chi connectivity index (χ0v) is 14.4. The lowest BCUT2D eigenvalue weighted by molar-refractivity contribution is 0.199. The maximum absolute atomic E-state index is 4.99. The molecule has 2 aromatic rings. The molecule has 1 aromatic carbocycles. The number of aryl methyl sites for hydroxylation is 1. The topological polar surface area (TPSA) is 64.9 Å². The number of benzene rings is 1. The second-order valence-corrected chi connectivity index (χ2v) is 5.96. The Hall–Kier alpha value is -0.830. The lowest BCUT2D eigenvalue weighted by Gasteiger charge is -2.10. The third-order valence-corrected chi connectivity index (χ3v) is 3.88. The quantitative estimate of drug-likeness (QED) is 0.748. The minimum absolute atomic E-state index is 0.573. The number of aromatic nitrogens is 4. The summed E-state index contributed by atoms with van der Waals surface area (Å²) in [7, 11) is 1.67. The van der Waals surface area contributed by atoms with E-state index < -0.39 is 0 Å². The minimum atomic E-state index is 0.573. The van der Waals surface area contributed by atoms with Crippen molar-refractivity contribution in [3.8, 4) is 5.69 Å². The fourth-order valence-corrected chi connectivity index (χ4v) is 3.51. The monoisotopic (exact) mass is 403 g/mol. The van der Waals surface area contributed by atoms with E-state index in [0.717, 1.165) is 32.6 Å². The Morgan fingerprint density at radius 2 is 2.00 bits per heavy atom. The van der Waals surface area contributed by atoms with Gasteiger partial charge < -0.3 is 10.1 Å². The molecule has 1 N–H and O–H groups in total. The fourth-order valence-electron chi connectivity index (χ4n) is 1.76. The van der Waals surface area contributed by atoms with E-state index in [4.69, 9.17) is 4.74 Å². The van der Waals surface area contributed by atoms with Crippen molar-refractivity contribution in [1.82, 2.24) is 25.5 Å². The van der Waals surface area contributed by atoms with E-state index in [9.17, 15) is 0 Å². The molecule has 0 radical (unpaired) electrons.